The Balaban J connectivity index is 1.74. The summed E-state index contributed by atoms with van der Waals surface area (Å²) in [5.41, 5.74) is 2.07. The van der Waals surface area contributed by atoms with Crippen LogP contribution in [0.2, 0.25) is 0 Å². The van der Waals surface area contributed by atoms with Gasteiger partial charge in [0, 0.05) is 18.9 Å². The van der Waals surface area contributed by atoms with Gasteiger partial charge >= 0.3 is 0 Å². The third-order valence-corrected chi connectivity index (χ3v) is 7.27. The van der Waals surface area contributed by atoms with Crippen molar-refractivity contribution in [3.63, 3.8) is 0 Å². The third-order valence-electron chi connectivity index (χ3n) is 4.79. The Morgan fingerprint density at radius 3 is 2.48 bits per heavy atom. The first kappa shape index (κ1) is 16.2. The maximum absolute atomic E-state index is 12.6. The summed E-state index contributed by atoms with van der Waals surface area (Å²) in [5, 5.41) is 4.21. The van der Waals surface area contributed by atoms with Gasteiger partial charge < -0.3 is 0 Å². The highest BCUT2D eigenvalue weighted by molar-refractivity contribution is 7.91. The molecule has 1 fully saturated rings. The molecule has 2 aromatic rings. The first-order valence-electron chi connectivity index (χ1n) is 7.98. The van der Waals surface area contributed by atoms with Crippen molar-refractivity contribution in [2.75, 3.05) is 0 Å². The van der Waals surface area contributed by atoms with Crippen molar-refractivity contribution in [3.8, 4) is 0 Å². The number of benzene rings is 1. The first-order chi connectivity index (χ1) is 10.9. The first-order valence-corrected chi connectivity index (χ1v) is 9.46. The summed E-state index contributed by atoms with van der Waals surface area (Å²) in [6.45, 7) is 4.93. The minimum Gasteiger partial charge on any atom is -0.268 e. The van der Waals surface area contributed by atoms with E-state index in [-0.39, 0.29) is 5.92 Å². The van der Waals surface area contributed by atoms with E-state index in [1.54, 1.807) is 6.20 Å². The number of nitrogens with one attached hydrogen (secondary N) is 1. The van der Waals surface area contributed by atoms with Crippen LogP contribution in [0.25, 0.3) is 0 Å². The lowest BCUT2D eigenvalue weighted by Gasteiger charge is -2.21. The van der Waals surface area contributed by atoms with Gasteiger partial charge in [0.15, 0.2) is 0 Å². The topological polar surface area (TPSA) is 64.0 Å². The fourth-order valence-corrected chi connectivity index (χ4v) is 4.94. The molecule has 1 aromatic carbocycles. The van der Waals surface area contributed by atoms with Crippen LogP contribution in [0.5, 0.6) is 0 Å². The largest absolute Gasteiger partial charge is 0.268 e. The van der Waals surface area contributed by atoms with Gasteiger partial charge in [0.05, 0.1) is 11.3 Å². The zero-order chi connectivity index (χ0) is 16.5. The minimum atomic E-state index is -3.30. The summed E-state index contributed by atoms with van der Waals surface area (Å²) in [7, 11) is -3.30. The number of aromatic nitrogens is 2. The SMILES string of the molecule is CC(C)C1(S(=O)(=O)NCc2ccccc2Cn2cccn2)CC1. The van der Waals surface area contributed by atoms with E-state index in [1.165, 1.54) is 0 Å². The second-order valence-corrected chi connectivity index (χ2v) is 8.62. The normalized spacial score (nSPS) is 16.7. The van der Waals surface area contributed by atoms with Crippen LogP contribution in [0.4, 0.5) is 0 Å². The molecule has 0 saturated heterocycles. The molecule has 0 radical (unpaired) electrons. The molecule has 1 saturated carbocycles. The van der Waals surface area contributed by atoms with E-state index < -0.39 is 14.8 Å². The molecule has 0 spiro atoms. The lowest BCUT2D eigenvalue weighted by molar-refractivity contribution is 0.511. The van der Waals surface area contributed by atoms with Crippen LogP contribution in [0.3, 0.4) is 0 Å². The highest BCUT2D eigenvalue weighted by Crippen LogP contribution is 2.48. The van der Waals surface area contributed by atoms with Crippen LogP contribution in [0, 0.1) is 5.92 Å². The van der Waals surface area contributed by atoms with Gasteiger partial charge in [-0.15, -0.1) is 0 Å². The number of nitrogens with zero attached hydrogens (tertiary/aromatic N) is 2. The van der Waals surface area contributed by atoms with E-state index >= 15 is 0 Å². The molecule has 0 aliphatic heterocycles. The van der Waals surface area contributed by atoms with Crippen LogP contribution in [0.1, 0.15) is 37.8 Å². The fraction of sp³-hybridized carbons (Fsp3) is 0.471. The molecule has 1 aliphatic rings. The summed E-state index contributed by atoms with van der Waals surface area (Å²) < 4.78 is 29.4. The maximum Gasteiger partial charge on any atom is 0.217 e. The van der Waals surface area contributed by atoms with E-state index in [1.807, 2.05) is 55.1 Å². The van der Waals surface area contributed by atoms with Crippen molar-refractivity contribution < 1.29 is 8.42 Å². The van der Waals surface area contributed by atoms with E-state index in [0.29, 0.717) is 13.1 Å². The molecule has 3 rings (SSSR count). The molecule has 5 nitrogen and oxygen atoms in total. The molecule has 0 unspecified atom stereocenters. The molecule has 1 aliphatic carbocycles. The Bertz CT molecular complexity index is 763. The van der Waals surface area contributed by atoms with Gasteiger partial charge in [-0.1, -0.05) is 38.1 Å². The monoisotopic (exact) mass is 333 g/mol. The standard InChI is InChI=1S/C17H23N3O2S/c1-14(2)17(8-9-17)23(21,22)19-12-15-6-3-4-7-16(15)13-20-11-5-10-18-20/h3-7,10-11,14,19H,8-9,12-13H2,1-2H3. The van der Waals surface area contributed by atoms with Crippen molar-refractivity contribution in [2.24, 2.45) is 5.92 Å². The summed E-state index contributed by atoms with van der Waals surface area (Å²) in [6, 6.07) is 9.76. The molecule has 1 aromatic heterocycles. The smallest absolute Gasteiger partial charge is 0.217 e. The average molecular weight is 333 g/mol. The lowest BCUT2D eigenvalue weighted by atomic mass is 10.1. The summed E-state index contributed by atoms with van der Waals surface area (Å²) in [5.74, 6) is 0.138. The molecular weight excluding hydrogens is 310 g/mol. The highest BCUT2D eigenvalue weighted by Gasteiger charge is 2.56. The molecule has 124 valence electrons. The number of sulfonamides is 1. The van der Waals surface area contributed by atoms with Crippen molar-refractivity contribution in [1.82, 2.24) is 14.5 Å². The van der Waals surface area contributed by atoms with Crippen molar-refractivity contribution >= 4 is 10.0 Å². The maximum atomic E-state index is 12.6. The predicted octanol–water partition coefficient (Wildman–Crippen LogP) is 2.54. The Hall–Kier alpha value is -1.66. The van der Waals surface area contributed by atoms with Gasteiger partial charge in [0.25, 0.3) is 0 Å². The lowest BCUT2D eigenvalue weighted by Crippen LogP contribution is -2.39. The van der Waals surface area contributed by atoms with Gasteiger partial charge in [-0.2, -0.15) is 5.10 Å². The molecule has 6 heteroatoms. The van der Waals surface area contributed by atoms with E-state index in [2.05, 4.69) is 9.82 Å². The Labute approximate surface area is 137 Å². The fourth-order valence-electron chi connectivity index (χ4n) is 3.05. The Morgan fingerprint density at radius 1 is 1.22 bits per heavy atom. The van der Waals surface area contributed by atoms with E-state index in [9.17, 15) is 8.42 Å². The minimum absolute atomic E-state index is 0.138. The summed E-state index contributed by atoms with van der Waals surface area (Å²) in [4.78, 5) is 0. The average Bonchev–Trinajstić information content (AvgIpc) is 3.21. The zero-order valence-corrected chi connectivity index (χ0v) is 14.4. The van der Waals surface area contributed by atoms with Gasteiger partial charge in [0.1, 0.15) is 0 Å². The van der Waals surface area contributed by atoms with Gasteiger partial charge in [0.2, 0.25) is 10.0 Å². The van der Waals surface area contributed by atoms with Crippen molar-refractivity contribution in [1.29, 1.82) is 0 Å². The van der Waals surface area contributed by atoms with Crippen LogP contribution >= 0.6 is 0 Å². The summed E-state index contributed by atoms with van der Waals surface area (Å²) in [6.07, 6.45) is 5.16. The van der Waals surface area contributed by atoms with Gasteiger partial charge in [-0.25, -0.2) is 13.1 Å². The van der Waals surface area contributed by atoms with E-state index in [4.69, 9.17) is 0 Å². The molecule has 1 N–H and O–H groups in total. The van der Waals surface area contributed by atoms with Gasteiger partial charge in [-0.05, 0) is 36.0 Å². The third kappa shape index (κ3) is 3.19. The van der Waals surface area contributed by atoms with Crippen LogP contribution in [-0.4, -0.2) is 22.9 Å². The molecule has 0 amide bonds. The quantitative estimate of drug-likeness (QED) is 0.847. The van der Waals surface area contributed by atoms with E-state index in [0.717, 1.165) is 24.0 Å². The molecule has 0 atom stereocenters. The second kappa shape index (κ2) is 6.09. The van der Waals surface area contributed by atoms with Crippen molar-refractivity contribution in [2.45, 2.75) is 44.5 Å². The number of hydrogen-bond acceptors (Lipinski definition) is 3. The molecule has 23 heavy (non-hydrogen) atoms. The highest BCUT2D eigenvalue weighted by atomic mass is 32.2. The Kier molecular flexibility index (Phi) is 4.29. The molecule has 0 bridgehead atoms. The van der Waals surface area contributed by atoms with Crippen molar-refractivity contribution in [3.05, 3.63) is 53.9 Å². The molecular formula is C17H23N3O2S. The second-order valence-electron chi connectivity index (χ2n) is 6.52. The molecule has 1 heterocycles. The zero-order valence-electron chi connectivity index (χ0n) is 13.6. The number of hydrogen-bond donors (Lipinski definition) is 1. The summed E-state index contributed by atoms with van der Waals surface area (Å²) >= 11 is 0. The number of rotatable bonds is 7. The van der Waals surface area contributed by atoms with Crippen LogP contribution in [0.15, 0.2) is 42.7 Å². The van der Waals surface area contributed by atoms with Crippen LogP contribution < -0.4 is 4.72 Å². The Morgan fingerprint density at radius 2 is 1.91 bits per heavy atom. The van der Waals surface area contributed by atoms with Gasteiger partial charge in [-0.3, -0.25) is 4.68 Å². The predicted molar refractivity (Wildman–Crippen MR) is 90.3 cm³/mol. The van der Waals surface area contributed by atoms with Crippen LogP contribution in [-0.2, 0) is 23.1 Å².